The number of benzene rings is 3. The highest BCUT2D eigenvalue weighted by atomic mass is 16.5. The number of urea groups is 1. The van der Waals surface area contributed by atoms with Gasteiger partial charge in [-0.05, 0) is 60.4 Å². The second-order valence-corrected chi connectivity index (χ2v) is 10.0. The van der Waals surface area contributed by atoms with E-state index in [9.17, 15) is 9.59 Å². The first-order valence-corrected chi connectivity index (χ1v) is 12.8. The van der Waals surface area contributed by atoms with Crippen molar-refractivity contribution in [2.45, 2.75) is 39.3 Å². The SMILES string of the molecule is Cc1nc2ccc(-c3cc(C)c4c(c3)CN(C(=O)N3CCC(=O)CC3c3ccccc3)CCO4)cc2[nH]1. The van der Waals surface area contributed by atoms with E-state index in [2.05, 4.69) is 41.2 Å². The van der Waals surface area contributed by atoms with Crippen molar-refractivity contribution in [1.82, 2.24) is 19.8 Å². The molecule has 0 aliphatic carbocycles. The summed E-state index contributed by atoms with van der Waals surface area (Å²) in [6.07, 6.45) is 0.754. The predicted molar refractivity (Wildman–Crippen MR) is 142 cm³/mol. The topological polar surface area (TPSA) is 78.5 Å². The molecule has 4 aromatic rings. The number of carbonyl (C=O) groups is 2. The van der Waals surface area contributed by atoms with Crippen molar-refractivity contribution in [3.05, 3.63) is 83.2 Å². The molecular formula is C30H30N4O3. The van der Waals surface area contributed by atoms with Crippen molar-refractivity contribution in [3.8, 4) is 16.9 Å². The van der Waals surface area contributed by atoms with Crippen molar-refractivity contribution in [1.29, 1.82) is 0 Å². The summed E-state index contributed by atoms with van der Waals surface area (Å²) in [6.45, 7) is 5.83. The molecule has 7 heteroatoms. The van der Waals surface area contributed by atoms with Crippen LogP contribution < -0.4 is 4.74 Å². The zero-order valence-electron chi connectivity index (χ0n) is 21.2. The highest BCUT2D eigenvalue weighted by Gasteiger charge is 2.35. The molecule has 0 bridgehead atoms. The van der Waals surface area contributed by atoms with Gasteiger partial charge in [0.25, 0.3) is 0 Å². The monoisotopic (exact) mass is 494 g/mol. The second kappa shape index (κ2) is 9.39. The van der Waals surface area contributed by atoms with Crippen molar-refractivity contribution in [3.63, 3.8) is 0 Å². The summed E-state index contributed by atoms with van der Waals surface area (Å²) in [5.74, 6) is 1.94. The Kier molecular flexibility index (Phi) is 5.91. The molecule has 1 N–H and O–H groups in total. The lowest BCUT2D eigenvalue weighted by molar-refractivity contribution is -0.122. The van der Waals surface area contributed by atoms with E-state index < -0.39 is 0 Å². The van der Waals surface area contributed by atoms with E-state index in [-0.39, 0.29) is 17.9 Å². The molecule has 0 radical (unpaired) electrons. The van der Waals surface area contributed by atoms with Crippen LogP contribution in [0.3, 0.4) is 0 Å². The van der Waals surface area contributed by atoms with Gasteiger partial charge in [-0.15, -0.1) is 0 Å². The predicted octanol–water partition coefficient (Wildman–Crippen LogP) is 5.57. The number of piperidine rings is 1. The third kappa shape index (κ3) is 4.46. The number of imidazole rings is 1. The standard InChI is InChI=1S/C30H30N4O3/c1-19-14-23(22-8-9-26-27(16-22)32-20(2)31-26)15-24-18-33(12-13-37-29(19)24)30(36)34-11-10-25(35)17-28(34)21-6-4-3-5-7-21/h3-9,14-16,28H,10-13,17-18H2,1-2H3,(H,31,32). The summed E-state index contributed by atoms with van der Waals surface area (Å²) in [5, 5.41) is 0. The van der Waals surface area contributed by atoms with Gasteiger partial charge in [-0.1, -0.05) is 36.4 Å². The number of likely N-dealkylation sites (tertiary alicyclic amines) is 1. The molecule has 37 heavy (non-hydrogen) atoms. The van der Waals surface area contributed by atoms with Gasteiger partial charge in [-0.3, -0.25) is 4.79 Å². The number of hydrogen-bond acceptors (Lipinski definition) is 4. The number of rotatable bonds is 2. The molecule has 1 aromatic heterocycles. The van der Waals surface area contributed by atoms with E-state index in [1.54, 1.807) is 0 Å². The molecule has 3 aromatic carbocycles. The zero-order chi connectivity index (χ0) is 25.5. The summed E-state index contributed by atoms with van der Waals surface area (Å²) < 4.78 is 6.16. The summed E-state index contributed by atoms with van der Waals surface area (Å²) in [4.78, 5) is 37.8. The first-order chi connectivity index (χ1) is 18.0. The van der Waals surface area contributed by atoms with Crippen LogP contribution in [0.4, 0.5) is 4.79 Å². The number of aryl methyl sites for hydroxylation is 2. The van der Waals surface area contributed by atoms with Gasteiger partial charge in [-0.25, -0.2) is 9.78 Å². The number of nitrogens with one attached hydrogen (secondary N) is 1. The molecule has 188 valence electrons. The fraction of sp³-hybridized carbons (Fsp3) is 0.300. The minimum absolute atomic E-state index is 0.0461. The summed E-state index contributed by atoms with van der Waals surface area (Å²) >= 11 is 0. The molecule has 1 atom stereocenters. The Balaban J connectivity index is 1.31. The lowest BCUT2D eigenvalue weighted by Gasteiger charge is -2.38. The maximum atomic E-state index is 13.9. The van der Waals surface area contributed by atoms with Crippen LogP contribution in [0.5, 0.6) is 5.75 Å². The molecule has 3 heterocycles. The minimum Gasteiger partial charge on any atom is -0.491 e. The number of ketones is 1. The molecule has 0 spiro atoms. The zero-order valence-corrected chi connectivity index (χ0v) is 21.2. The Morgan fingerprint density at radius 3 is 2.70 bits per heavy atom. The average Bonchev–Trinajstić information content (AvgIpc) is 3.14. The molecule has 6 rings (SSSR count). The number of fused-ring (bicyclic) bond motifs is 2. The fourth-order valence-corrected chi connectivity index (χ4v) is 5.57. The summed E-state index contributed by atoms with van der Waals surface area (Å²) in [7, 11) is 0. The van der Waals surface area contributed by atoms with Crippen LogP contribution in [0.25, 0.3) is 22.2 Å². The Hall–Kier alpha value is -4.13. The number of H-pyrrole nitrogens is 1. The fourth-order valence-electron chi connectivity index (χ4n) is 5.57. The van der Waals surface area contributed by atoms with Gasteiger partial charge >= 0.3 is 6.03 Å². The molecule has 1 saturated heterocycles. The van der Waals surface area contributed by atoms with Crippen molar-refractivity contribution in [2.24, 2.45) is 0 Å². The molecule has 1 fully saturated rings. The maximum absolute atomic E-state index is 13.9. The van der Waals surface area contributed by atoms with Crippen molar-refractivity contribution < 1.29 is 14.3 Å². The molecular weight excluding hydrogens is 464 g/mol. The number of ether oxygens (including phenoxy) is 1. The van der Waals surface area contributed by atoms with Crippen LogP contribution >= 0.6 is 0 Å². The molecule has 2 aliphatic rings. The van der Waals surface area contributed by atoms with E-state index in [0.29, 0.717) is 39.1 Å². The van der Waals surface area contributed by atoms with Crippen LogP contribution in [-0.2, 0) is 11.3 Å². The van der Waals surface area contributed by atoms with Gasteiger partial charge in [0.05, 0.1) is 30.2 Å². The Labute approximate surface area is 216 Å². The highest BCUT2D eigenvalue weighted by molar-refractivity contribution is 5.85. The van der Waals surface area contributed by atoms with Gasteiger partial charge in [0.2, 0.25) is 0 Å². The third-order valence-corrected chi connectivity index (χ3v) is 7.38. The van der Waals surface area contributed by atoms with Crippen molar-refractivity contribution >= 4 is 22.8 Å². The smallest absolute Gasteiger partial charge is 0.320 e. The quantitative estimate of drug-likeness (QED) is 0.395. The Morgan fingerprint density at radius 1 is 1.03 bits per heavy atom. The molecule has 1 unspecified atom stereocenters. The first-order valence-electron chi connectivity index (χ1n) is 12.8. The largest absolute Gasteiger partial charge is 0.491 e. The lowest BCUT2D eigenvalue weighted by atomic mass is 9.94. The Bertz CT molecular complexity index is 1490. The summed E-state index contributed by atoms with van der Waals surface area (Å²) in [5.41, 5.74) is 7.15. The maximum Gasteiger partial charge on any atom is 0.320 e. The molecule has 0 saturated carbocycles. The Morgan fingerprint density at radius 2 is 1.86 bits per heavy atom. The van der Waals surface area contributed by atoms with E-state index in [1.807, 2.05) is 53.1 Å². The van der Waals surface area contributed by atoms with Gasteiger partial charge in [-0.2, -0.15) is 0 Å². The number of aromatic amines is 1. The first kappa shape index (κ1) is 23.3. The normalized spacial score (nSPS) is 17.9. The lowest BCUT2D eigenvalue weighted by Crippen LogP contribution is -2.48. The molecule has 7 nitrogen and oxygen atoms in total. The van der Waals surface area contributed by atoms with Crippen LogP contribution in [0.1, 0.15) is 41.4 Å². The number of Topliss-reactive ketones (excluding diaryl/α,β-unsaturated/α-hetero) is 1. The van der Waals surface area contributed by atoms with E-state index >= 15 is 0 Å². The number of aromatic nitrogens is 2. The van der Waals surface area contributed by atoms with Crippen LogP contribution in [0, 0.1) is 13.8 Å². The van der Waals surface area contributed by atoms with Gasteiger partial charge in [0.15, 0.2) is 0 Å². The van der Waals surface area contributed by atoms with E-state index in [1.165, 1.54) is 0 Å². The number of amides is 2. The molecule has 2 amide bonds. The van der Waals surface area contributed by atoms with E-state index in [0.717, 1.165) is 50.4 Å². The van der Waals surface area contributed by atoms with Crippen LogP contribution in [0.15, 0.2) is 60.7 Å². The van der Waals surface area contributed by atoms with E-state index in [4.69, 9.17) is 4.74 Å². The van der Waals surface area contributed by atoms with Crippen LogP contribution in [-0.4, -0.2) is 51.3 Å². The van der Waals surface area contributed by atoms with Gasteiger partial charge in [0, 0.05) is 24.9 Å². The van der Waals surface area contributed by atoms with Crippen molar-refractivity contribution in [2.75, 3.05) is 19.7 Å². The van der Waals surface area contributed by atoms with Gasteiger partial charge < -0.3 is 19.5 Å². The second-order valence-electron chi connectivity index (χ2n) is 10.0. The average molecular weight is 495 g/mol. The third-order valence-electron chi connectivity index (χ3n) is 7.38. The highest BCUT2D eigenvalue weighted by Crippen LogP contribution is 2.35. The number of nitrogens with zero attached hydrogens (tertiary/aromatic N) is 3. The minimum atomic E-state index is -0.240. The summed E-state index contributed by atoms with van der Waals surface area (Å²) in [6, 6.07) is 20.1. The number of carbonyl (C=O) groups excluding carboxylic acids is 2. The van der Waals surface area contributed by atoms with Gasteiger partial charge in [0.1, 0.15) is 24.0 Å². The molecule has 2 aliphatic heterocycles. The number of hydrogen-bond donors (Lipinski definition) is 1. The van der Waals surface area contributed by atoms with Crippen LogP contribution in [0.2, 0.25) is 0 Å².